The first kappa shape index (κ1) is 13.7. The summed E-state index contributed by atoms with van der Waals surface area (Å²) in [6.07, 6.45) is 0. The Balaban J connectivity index is 3.94. The molecule has 0 nitrogen and oxygen atoms in total. The Kier molecular flexibility index (Phi) is 5.18. The molecule has 79 valence electrons. The highest BCUT2D eigenvalue weighted by Gasteiger charge is 2.28. The Hall–Kier alpha value is 0.651. The van der Waals surface area contributed by atoms with E-state index >= 15 is 0 Å². The summed E-state index contributed by atoms with van der Waals surface area (Å²) < 4.78 is 0. The van der Waals surface area contributed by atoms with Crippen molar-refractivity contribution < 1.29 is 0 Å². The summed E-state index contributed by atoms with van der Waals surface area (Å²) in [7, 11) is -1.58. The fourth-order valence-corrected chi connectivity index (χ4v) is 19.0. The SMILES string of the molecule is C[Si](C)CC[Si](C)(C)C[Si](C)(C)C. The molecule has 0 atom stereocenters. The van der Waals surface area contributed by atoms with Gasteiger partial charge < -0.3 is 0 Å². The maximum absolute atomic E-state index is 2.59. The molecule has 0 saturated carbocycles. The lowest BCUT2D eigenvalue weighted by atomic mass is 10.9. The lowest BCUT2D eigenvalue weighted by Gasteiger charge is -2.30. The maximum Gasteiger partial charge on any atom is 0.0444 e. The molecular formula is C10H27Si3. The van der Waals surface area contributed by atoms with Crippen molar-refractivity contribution in [2.24, 2.45) is 0 Å². The maximum atomic E-state index is 2.59. The molecule has 0 amide bonds. The summed E-state index contributed by atoms with van der Waals surface area (Å²) in [6.45, 7) is 17.6. The molecule has 0 heterocycles. The Morgan fingerprint density at radius 3 is 1.69 bits per heavy atom. The highest BCUT2D eigenvalue weighted by atomic mass is 28.4. The van der Waals surface area contributed by atoms with Gasteiger partial charge in [-0.2, -0.15) is 0 Å². The van der Waals surface area contributed by atoms with Crippen molar-refractivity contribution in [1.82, 2.24) is 0 Å². The molecule has 0 unspecified atom stereocenters. The molecule has 0 fully saturated rings. The smallest absolute Gasteiger partial charge is 0.0444 e. The Morgan fingerprint density at radius 2 is 1.38 bits per heavy atom. The third-order valence-corrected chi connectivity index (χ3v) is 13.7. The minimum atomic E-state index is -0.814. The number of hydrogen-bond donors (Lipinski definition) is 0. The molecule has 0 spiro atoms. The molecule has 0 N–H and O–H groups in total. The fourth-order valence-electron chi connectivity index (χ4n) is 2.11. The van der Waals surface area contributed by atoms with Crippen LogP contribution in [0.1, 0.15) is 0 Å². The van der Waals surface area contributed by atoms with Crippen LogP contribution >= 0.6 is 0 Å². The fraction of sp³-hybridized carbons (Fsp3) is 1.00. The summed E-state index contributed by atoms with van der Waals surface area (Å²) in [4.78, 5) is 0. The van der Waals surface area contributed by atoms with Gasteiger partial charge >= 0.3 is 0 Å². The van der Waals surface area contributed by atoms with E-state index in [4.69, 9.17) is 0 Å². The van der Waals surface area contributed by atoms with Crippen LogP contribution in [-0.2, 0) is 0 Å². The molecule has 0 aliphatic rings. The second-order valence-electron chi connectivity index (χ2n) is 6.61. The molecule has 13 heavy (non-hydrogen) atoms. The van der Waals surface area contributed by atoms with Gasteiger partial charge in [0.25, 0.3) is 0 Å². The second kappa shape index (κ2) is 4.94. The second-order valence-corrected chi connectivity index (χ2v) is 20.9. The summed E-state index contributed by atoms with van der Waals surface area (Å²) in [5.41, 5.74) is 1.62. The van der Waals surface area contributed by atoms with Gasteiger partial charge in [0, 0.05) is 24.9 Å². The van der Waals surface area contributed by atoms with Gasteiger partial charge in [-0.15, -0.1) is 0 Å². The average molecular weight is 232 g/mol. The zero-order valence-electron chi connectivity index (χ0n) is 10.6. The van der Waals surface area contributed by atoms with Crippen molar-refractivity contribution in [1.29, 1.82) is 0 Å². The zero-order valence-corrected chi connectivity index (χ0v) is 13.6. The predicted molar refractivity (Wildman–Crippen MR) is 72.7 cm³/mol. The lowest BCUT2D eigenvalue weighted by molar-refractivity contribution is 1.28. The van der Waals surface area contributed by atoms with Crippen LogP contribution in [0.15, 0.2) is 0 Å². The topological polar surface area (TPSA) is 0 Å². The minimum absolute atomic E-state index is 0.0278. The van der Waals surface area contributed by atoms with E-state index in [1.165, 1.54) is 0 Å². The van der Waals surface area contributed by atoms with Crippen LogP contribution < -0.4 is 0 Å². The summed E-state index contributed by atoms with van der Waals surface area (Å²) in [5.74, 6) is 0. The van der Waals surface area contributed by atoms with Crippen molar-refractivity contribution in [2.45, 2.75) is 63.6 Å². The van der Waals surface area contributed by atoms with Gasteiger partial charge in [0.1, 0.15) is 0 Å². The third kappa shape index (κ3) is 8.97. The Morgan fingerprint density at radius 1 is 0.923 bits per heavy atom. The summed E-state index contributed by atoms with van der Waals surface area (Å²) >= 11 is 0. The van der Waals surface area contributed by atoms with Gasteiger partial charge in [-0.1, -0.05) is 63.6 Å². The Bertz CT molecular complexity index is 145. The van der Waals surface area contributed by atoms with Crippen molar-refractivity contribution >= 4 is 24.9 Å². The van der Waals surface area contributed by atoms with Crippen LogP contribution in [0.3, 0.4) is 0 Å². The van der Waals surface area contributed by atoms with Crippen LogP contribution in [0.5, 0.6) is 0 Å². The molecular weight excluding hydrogens is 204 g/mol. The largest absolute Gasteiger partial charge is 0.0713 e. The van der Waals surface area contributed by atoms with E-state index in [9.17, 15) is 0 Å². The van der Waals surface area contributed by atoms with Crippen LogP contribution in [0.25, 0.3) is 0 Å². The van der Waals surface area contributed by atoms with Crippen LogP contribution in [0.2, 0.25) is 63.6 Å². The van der Waals surface area contributed by atoms with E-state index in [1.54, 1.807) is 17.8 Å². The van der Waals surface area contributed by atoms with Crippen LogP contribution in [0, 0.1) is 0 Å². The lowest BCUT2D eigenvalue weighted by Crippen LogP contribution is -2.37. The number of hydrogen-bond acceptors (Lipinski definition) is 0. The highest BCUT2D eigenvalue weighted by Crippen LogP contribution is 2.25. The molecule has 0 aliphatic heterocycles. The first-order valence-corrected chi connectivity index (χ1v) is 15.2. The molecule has 0 rings (SSSR count). The van der Waals surface area contributed by atoms with E-state index in [1.807, 2.05) is 0 Å². The normalized spacial score (nSPS) is 13.8. The summed E-state index contributed by atoms with van der Waals surface area (Å²) in [5, 5.41) is 0. The van der Waals surface area contributed by atoms with E-state index in [0.29, 0.717) is 0 Å². The van der Waals surface area contributed by atoms with Crippen molar-refractivity contribution in [3.8, 4) is 0 Å². The van der Waals surface area contributed by atoms with E-state index in [2.05, 4.69) is 45.8 Å². The first-order chi connectivity index (χ1) is 5.62. The monoisotopic (exact) mass is 231 g/mol. The molecule has 3 heteroatoms. The van der Waals surface area contributed by atoms with Gasteiger partial charge in [-0.05, 0) is 0 Å². The van der Waals surface area contributed by atoms with Crippen molar-refractivity contribution in [3.63, 3.8) is 0 Å². The zero-order chi connectivity index (χ0) is 10.7. The van der Waals surface area contributed by atoms with Gasteiger partial charge in [0.2, 0.25) is 0 Å². The average Bonchev–Trinajstić information content (AvgIpc) is 1.78. The molecule has 0 bridgehead atoms. The van der Waals surface area contributed by atoms with E-state index in [-0.39, 0.29) is 8.80 Å². The predicted octanol–water partition coefficient (Wildman–Crippen LogP) is 4.33. The van der Waals surface area contributed by atoms with Gasteiger partial charge in [-0.25, -0.2) is 0 Å². The van der Waals surface area contributed by atoms with Crippen molar-refractivity contribution in [2.75, 3.05) is 0 Å². The minimum Gasteiger partial charge on any atom is -0.0713 e. The van der Waals surface area contributed by atoms with Gasteiger partial charge in [-0.3, -0.25) is 0 Å². The number of rotatable bonds is 5. The van der Waals surface area contributed by atoms with Gasteiger partial charge in [0.15, 0.2) is 0 Å². The molecule has 0 aromatic rings. The molecule has 0 aromatic heterocycles. The quantitative estimate of drug-likeness (QED) is 0.618. The first-order valence-electron chi connectivity index (χ1n) is 5.41. The summed E-state index contributed by atoms with van der Waals surface area (Å²) in [6, 6.07) is 3.13. The van der Waals surface area contributed by atoms with Crippen LogP contribution in [-0.4, -0.2) is 24.9 Å². The molecule has 0 aromatic carbocycles. The van der Waals surface area contributed by atoms with E-state index in [0.717, 1.165) is 0 Å². The third-order valence-electron chi connectivity index (χ3n) is 2.31. The molecule has 0 aliphatic carbocycles. The standard InChI is InChI=1S/C10H27Si3/c1-11(2)8-9-13(6,7)10-12(3,4)5/h8-10H2,1-7H3. The van der Waals surface area contributed by atoms with Gasteiger partial charge in [0.05, 0.1) is 0 Å². The molecule has 1 radical (unpaired) electrons. The van der Waals surface area contributed by atoms with Crippen molar-refractivity contribution in [3.05, 3.63) is 0 Å². The van der Waals surface area contributed by atoms with Crippen LogP contribution in [0.4, 0.5) is 0 Å². The highest BCUT2D eigenvalue weighted by molar-refractivity contribution is 6.95. The molecule has 0 saturated heterocycles. The van der Waals surface area contributed by atoms with E-state index < -0.39 is 16.1 Å². The Labute approximate surface area is 88.8 Å².